The second-order valence-electron chi connectivity index (χ2n) is 5.28. The van der Waals surface area contributed by atoms with Gasteiger partial charge in [-0.05, 0) is 25.9 Å². The second-order valence-corrected chi connectivity index (χ2v) is 7.26. The number of likely N-dealkylation sites (N-methyl/N-ethyl adjacent to an activating group) is 1. The molecule has 0 aliphatic carbocycles. The van der Waals surface area contributed by atoms with Crippen molar-refractivity contribution in [1.29, 1.82) is 0 Å². The molecule has 1 heterocycles. The largest absolute Gasteiger partial charge is 0.355 e. The maximum absolute atomic E-state index is 12.1. The molecule has 1 N–H and O–H groups in total. The number of hydrogen-bond donors (Lipinski definition) is 1. The zero-order chi connectivity index (χ0) is 15.2. The average molecular weight is 305 g/mol. The Morgan fingerprint density at radius 1 is 1.35 bits per heavy atom. The lowest BCUT2D eigenvalue weighted by Gasteiger charge is -2.30. The van der Waals surface area contributed by atoms with Gasteiger partial charge < -0.3 is 10.2 Å². The van der Waals surface area contributed by atoms with Crippen molar-refractivity contribution in [2.75, 3.05) is 45.5 Å². The van der Waals surface area contributed by atoms with Crippen LogP contribution in [0.5, 0.6) is 0 Å². The molecule has 1 aliphatic rings. The number of rotatable bonds is 7. The van der Waals surface area contributed by atoms with E-state index in [-0.39, 0.29) is 11.8 Å². The normalized spacial score (nSPS) is 21.1. The van der Waals surface area contributed by atoms with Gasteiger partial charge in [-0.15, -0.1) is 0 Å². The van der Waals surface area contributed by atoms with Crippen LogP contribution in [0.25, 0.3) is 0 Å². The van der Waals surface area contributed by atoms with Gasteiger partial charge in [0.05, 0.1) is 12.2 Å². The summed E-state index contributed by atoms with van der Waals surface area (Å²) in [6.07, 6.45) is 2.72. The summed E-state index contributed by atoms with van der Waals surface area (Å²) >= 11 is 0. The Labute approximate surface area is 122 Å². The topological polar surface area (TPSA) is 69.7 Å². The molecule has 1 aliphatic heterocycles. The third-order valence-electron chi connectivity index (χ3n) is 3.85. The minimum Gasteiger partial charge on any atom is -0.355 e. The smallest absolute Gasteiger partial charge is 0.224 e. The minimum absolute atomic E-state index is 0.0227. The van der Waals surface area contributed by atoms with Crippen LogP contribution in [0, 0.1) is 5.92 Å². The summed E-state index contributed by atoms with van der Waals surface area (Å²) in [7, 11) is -3.19. The molecule has 1 saturated heterocycles. The number of carbonyl (C=O) groups is 1. The van der Waals surface area contributed by atoms with E-state index in [9.17, 15) is 13.2 Å². The van der Waals surface area contributed by atoms with Crippen LogP contribution < -0.4 is 5.32 Å². The van der Waals surface area contributed by atoms with Crippen LogP contribution in [-0.2, 0) is 14.8 Å². The molecule has 1 rings (SSSR count). The van der Waals surface area contributed by atoms with Crippen molar-refractivity contribution in [3.8, 4) is 0 Å². The molecule has 7 heteroatoms. The summed E-state index contributed by atoms with van der Waals surface area (Å²) < 4.78 is 24.5. The molecular weight excluding hydrogens is 278 g/mol. The van der Waals surface area contributed by atoms with Crippen LogP contribution in [0.1, 0.15) is 26.7 Å². The molecule has 1 atom stereocenters. The van der Waals surface area contributed by atoms with Crippen LogP contribution in [0.3, 0.4) is 0 Å². The maximum atomic E-state index is 12.1. The van der Waals surface area contributed by atoms with E-state index in [1.165, 1.54) is 10.6 Å². The van der Waals surface area contributed by atoms with Crippen LogP contribution in [0.4, 0.5) is 0 Å². The lowest BCUT2D eigenvalue weighted by Crippen LogP contribution is -2.46. The van der Waals surface area contributed by atoms with E-state index in [4.69, 9.17) is 0 Å². The van der Waals surface area contributed by atoms with Gasteiger partial charge in [-0.1, -0.05) is 13.8 Å². The Morgan fingerprint density at radius 3 is 2.55 bits per heavy atom. The molecule has 1 fully saturated rings. The van der Waals surface area contributed by atoms with Crippen molar-refractivity contribution in [2.24, 2.45) is 5.92 Å². The lowest BCUT2D eigenvalue weighted by atomic mass is 9.99. The van der Waals surface area contributed by atoms with Gasteiger partial charge in [-0.25, -0.2) is 12.7 Å². The Morgan fingerprint density at radius 2 is 2.00 bits per heavy atom. The summed E-state index contributed by atoms with van der Waals surface area (Å²) in [5.74, 6) is -0.235. The monoisotopic (exact) mass is 305 g/mol. The molecule has 6 nitrogen and oxygen atoms in total. The van der Waals surface area contributed by atoms with Gasteiger partial charge in [0.15, 0.2) is 0 Å². The summed E-state index contributed by atoms with van der Waals surface area (Å²) in [6, 6.07) is 0. The Bertz CT molecular complexity index is 407. The fraction of sp³-hybridized carbons (Fsp3) is 0.923. The number of carbonyl (C=O) groups excluding carboxylic acids is 1. The van der Waals surface area contributed by atoms with Gasteiger partial charge in [0, 0.05) is 26.2 Å². The molecule has 118 valence electrons. The van der Waals surface area contributed by atoms with Crippen LogP contribution in [-0.4, -0.2) is 69.1 Å². The molecule has 0 aromatic carbocycles. The number of piperidine rings is 1. The molecule has 0 aromatic heterocycles. The predicted octanol–water partition coefficient (Wildman–Crippen LogP) is 0.116. The highest BCUT2D eigenvalue weighted by Gasteiger charge is 2.29. The molecule has 0 saturated carbocycles. The van der Waals surface area contributed by atoms with E-state index < -0.39 is 10.0 Å². The maximum Gasteiger partial charge on any atom is 0.224 e. The van der Waals surface area contributed by atoms with Crippen molar-refractivity contribution in [3.63, 3.8) is 0 Å². The van der Waals surface area contributed by atoms with Crippen molar-refractivity contribution in [2.45, 2.75) is 26.7 Å². The number of amides is 1. The number of nitrogens with one attached hydrogen (secondary N) is 1. The SMILES string of the molecule is CCN(CC)CCNC(=O)C1CCCN(S(C)(=O)=O)C1. The van der Waals surface area contributed by atoms with Crippen molar-refractivity contribution < 1.29 is 13.2 Å². The van der Waals surface area contributed by atoms with Crippen LogP contribution in [0.15, 0.2) is 0 Å². The van der Waals surface area contributed by atoms with E-state index in [0.29, 0.717) is 19.6 Å². The summed E-state index contributed by atoms with van der Waals surface area (Å²) in [6.45, 7) is 8.43. The van der Waals surface area contributed by atoms with Gasteiger partial charge in [0.1, 0.15) is 0 Å². The zero-order valence-electron chi connectivity index (χ0n) is 12.8. The van der Waals surface area contributed by atoms with Crippen LogP contribution in [0.2, 0.25) is 0 Å². The first kappa shape index (κ1) is 17.4. The third-order valence-corrected chi connectivity index (χ3v) is 5.12. The molecule has 0 radical (unpaired) electrons. The van der Waals surface area contributed by atoms with Gasteiger partial charge >= 0.3 is 0 Å². The number of sulfonamides is 1. The number of nitrogens with zero attached hydrogens (tertiary/aromatic N) is 2. The Kier molecular flexibility index (Phi) is 6.91. The van der Waals surface area contributed by atoms with Crippen LogP contribution >= 0.6 is 0 Å². The molecule has 20 heavy (non-hydrogen) atoms. The summed E-state index contributed by atoms with van der Waals surface area (Å²) in [4.78, 5) is 14.3. The van der Waals surface area contributed by atoms with Crippen molar-refractivity contribution in [3.05, 3.63) is 0 Å². The molecular formula is C13H27N3O3S. The quantitative estimate of drug-likeness (QED) is 0.725. The Hall–Kier alpha value is -0.660. The number of hydrogen-bond acceptors (Lipinski definition) is 4. The average Bonchev–Trinajstić information content (AvgIpc) is 2.42. The summed E-state index contributed by atoms with van der Waals surface area (Å²) in [5, 5.41) is 2.92. The second kappa shape index (κ2) is 7.95. The van der Waals surface area contributed by atoms with Gasteiger partial charge in [-0.3, -0.25) is 4.79 Å². The highest BCUT2D eigenvalue weighted by Crippen LogP contribution is 2.18. The van der Waals surface area contributed by atoms with E-state index in [2.05, 4.69) is 24.1 Å². The Balaban J connectivity index is 2.40. The third kappa shape index (κ3) is 5.38. The van der Waals surface area contributed by atoms with Gasteiger partial charge in [-0.2, -0.15) is 0 Å². The fourth-order valence-corrected chi connectivity index (χ4v) is 3.39. The van der Waals surface area contributed by atoms with E-state index in [1.54, 1.807) is 0 Å². The zero-order valence-corrected chi connectivity index (χ0v) is 13.6. The van der Waals surface area contributed by atoms with Gasteiger partial charge in [0.25, 0.3) is 0 Å². The highest BCUT2D eigenvalue weighted by molar-refractivity contribution is 7.88. The molecule has 0 spiro atoms. The molecule has 1 unspecified atom stereocenters. The molecule has 0 bridgehead atoms. The van der Waals surface area contributed by atoms with Crippen molar-refractivity contribution >= 4 is 15.9 Å². The minimum atomic E-state index is -3.19. The fourth-order valence-electron chi connectivity index (χ4n) is 2.48. The first-order valence-corrected chi connectivity index (χ1v) is 9.18. The van der Waals surface area contributed by atoms with Crippen molar-refractivity contribution in [1.82, 2.24) is 14.5 Å². The van der Waals surface area contributed by atoms with E-state index >= 15 is 0 Å². The first-order chi connectivity index (χ1) is 9.38. The first-order valence-electron chi connectivity index (χ1n) is 7.33. The summed E-state index contributed by atoms with van der Waals surface area (Å²) in [5.41, 5.74) is 0. The lowest BCUT2D eigenvalue weighted by molar-refractivity contribution is -0.126. The predicted molar refractivity (Wildman–Crippen MR) is 79.9 cm³/mol. The van der Waals surface area contributed by atoms with E-state index in [1.807, 2.05) is 0 Å². The molecule has 0 aromatic rings. The standard InChI is InChI=1S/C13H27N3O3S/c1-4-15(5-2)10-8-14-13(17)12-7-6-9-16(11-12)20(3,18)19/h12H,4-11H2,1-3H3,(H,14,17). The highest BCUT2D eigenvalue weighted by atomic mass is 32.2. The van der Waals surface area contributed by atoms with E-state index in [0.717, 1.165) is 32.5 Å². The van der Waals surface area contributed by atoms with Gasteiger partial charge in [0.2, 0.25) is 15.9 Å². The molecule has 1 amide bonds.